The standard InChI is InChI=1S/C14H17N3O2/c1-2-17-8-7-15-14(17)16-10-12-6-4-3-5-11(12)9-13(18)19/h3-8H,2,9-10H2,1H3,(H,15,16)(H,18,19). The van der Waals surface area contributed by atoms with Crippen LogP contribution in [0.3, 0.4) is 0 Å². The predicted molar refractivity (Wildman–Crippen MR) is 73.0 cm³/mol. The molecule has 0 radical (unpaired) electrons. The van der Waals surface area contributed by atoms with Crippen LogP contribution in [0.25, 0.3) is 0 Å². The molecule has 0 unspecified atom stereocenters. The third kappa shape index (κ3) is 3.34. The van der Waals surface area contributed by atoms with Crippen molar-refractivity contribution >= 4 is 11.9 Å². The molecule has 0 aliphatic heterocycles. The van der Waals surface area contributed by atoms with Gasteiger partial charge in [0, 0.05) is 25.5 Å². The molecule has 0 bridgehead atoms. The summed E-state index contributed by atoms with van der Waals surface area (Å²) in [4.78, 5) is 15.0. The Kier molecular flexibility index (Phi) is 4.18. The van der Waals surface area contributed by atoms with E-state index in [-0.39, 0.29) is 6.42 Å². The van der Waals surface area contributed by atoms with Crippen LogP contribution in [0, 0.1) is 0 Å². The molecule has 0 fully saturated rings. The maximum atomic E-state index is 10.8. The summed E-state index contributed by atoms with van der Waals surface area (Å²) in [6.45, 7) is 3.46. The van der Waals surface area contributed by atoms with Gasteiger partial charge >= 0.3 is 5.97 Å². The van der Waals surface area contributed by atoms with Gasteiger partial charge in [0.2, 0.25) is 5.95 Å². The van der Waals surface area contributed by atoms with E-state index >= 15 is 0 Å². The molecule has 2 N–H and O–H groups in total. The lowest BCUT2D eigenvalue weighted by Crippen LogP contribution is -2.10. The summed E-state index contributed by atoms with van der Waals surface area (Å²) in [7, 11) is 0. The Morgan fingerprint density at radius 2 is 2.11 bits per heavy atom. The number of carboxylic acids is 1. The fraction of sp³-hybridized carbons (Fsp3) is 0.286. The largest absolute Gasteiger partial charge is 0.481 e. The van der Waals surface area contributed by atoms with Crippen molar-refractivity contribution in [2.45, 2.75) is 26.4 Å². The maximum absolute atomic E-state index is 10.8. The number of anilines is 1. The molecule has 5 nitrogen and oxygen atoms in total. The van der Waals surface area contributed by atoms with Crippen molar-refractivity contribution in [1.82, 2.24) is 9.55 Å². The minimum Gasteiger partial charge on any atom is -0.481 e. The Bertz CT molecular complexity index is 563. The average Bonchev–Trinajstić information content (AvgIpc) is 2.84. The summed E-state index contributed by atoms with van der Waals surface area (Å²) < 4.78 is 2.00. The molecule has 1 aromatic carbocycles. The van der Waals surface area contributed by atoms with E-state index in [2.05, 4.69) is 10.3 Å². The second-order valence-electron chi connectivity index (χ2n) is 4.23. The van der Waals surface area contributed by atoms with Crippen LogP contribution >= 0.6 is 0 Å². The van der Waals surface area contributed by atoms with Gasteiger partial charge in [-0.25, -0.2) is 4.98 Å². The molecule has 19 heavy (non-hydrogen) atoms. The Morgan fingerprint density at radius 3 is 2.79 bits per heavy atom. The Balaban J connectivity index is 2.09. The fourth-order valence-electron chi connectivity index (χ4n) is 1.97. The molecule has 1 aromatic heterocycles. The highest BCUT2D eigenvalue weighted by atomic mass is 16.4. The molecule has 2 rings (SSSR count). The number of benzene rings is 1. The highest BCUT2D eigenvalue weighted by molar-refractivity contribution is 5.70. The third-order valence-corrected chi connectivity index (χ3v) is 2.95. The molecule has 5 heteroatoms. The zero-order chi connectivity index (χ0) is 13.7. The van der Waals surface area contributed by atoms with Crippen molar-refractivity contribution in [2.75, 3.05) is 5.32 Å². The summed E-state index contributed by atoms with van der Waals surface area (Å²) in [6.07, 6.45) is 3.69. The van der Waals surface area contributed by atoms with Gasteiger partial charge in [-0.05, 0) is 18.1 Å². The van der Waals surface area contributed by atoms with E-state index in [9.17, 15) is 4.79 Å². The Labute approximate surface area is 111 Å². The lowest BCUT2D eigenvalue weighted by molar-refractivity contribution is -0.136. The number of nitrogens with zero attached hydrogens (tertiary/aromatic N) is 2. The number of aryl methyl sites for hydroxylation is 1. The van der Waals surface area contributed by atoms with Crippen molar-refractivity contribution in [3.63, 3.8) is 0 Å². The van der Waals surface area contributed by atoms with Crippen molar-refractivity contribution in [3.05, 3.63) is 47.8 Å². The number of hydrogen-bond donors (Lipinski definition) is 2. The van der Waals surface area contributed by atoms with Gasteiger partial charge in [0.15, 0.2) is 0 Å². The van der Waals surface area contributed by atoms with Crippen molar-refractivity contribution in [1.29, 1.82) is 0 Å². The molecule has 0 atom stereocenters. The van der Waals surface area contributed by atoms with E-state index in [0.29, 0.717) is 6.54 Å². The molecule has 0 amide bonds. The van der Waals surface area contributed by atoms with Crippen LogP contribution in [0.4, 0.5) is 5.95 Å². The highest BCUT2D eigenvalue weighted by Crippen LogP contribution is 2.12. The molecule has 0 spiro atoms. The first-order chi connectivity index (χ1) is 9.20. The molecule has 100 valence electrons. The summed E-state index contributed by atoms with van der Waals surface area (Å²) >= 11 is 0. The molecule has 0 saturated carbocycles. The topological polar surface area (TPSA) is 67.2 Å². The maximum Gasteiger partial charge on any atom is 0.307 e. The first-order valence-corrected chi connectivity index (χ1v) is 6.24. The van der Waals surface area contributed by atoms with Crippen LogP contribution in [0.5, 0.6) is 0 Å². The zero-order valence-electron chi connectivity index (χ0n) is 10.8. The Morgan fingerprint density at radius 1 is 1.37 bits per heavy atom. The molecule has 0 saturated heterocycles. The first kappa shape index (κ1) is 13.1. The van der Waals surface area contributed by atoms with E-state index in [1.807, 2.05) is 42.0 Å². The zero-order valence-corrected chi connectivity index (χ0v) is 10.8. The SMILES string of the molecule is CCn1ccnc1NCc1ccccc1CC(=O)O. The molecule has 0 aliphatic carbocycles. The number of aliphatic carboxylic acids is 1. The van der Waals surface area contributed by atoms with Gasteiger partial charge in [0.25, 0.3) is 0 Å². The number of carbonyl (C=O) groups is 1. The molecule has 0 aliphatic rings. The number of rotatable bonds is 6. The van der Waals surface area contributed by atoms with Gasteiger partial charge in [-0.15, -0.1) is 0 Å². The Hall–Kier alpha value is -2.30. The van der Waals surface area contributed by atoms with Crippen molar-refractivity contribution in [2.24, 2.45) is 0 Å². The second kappa shape index (κ2) is 6.04. The van der Waals surface area contributed by atoms with Crippen LogP contribution in [0.2, 0.25) is 0 Å². The first-order valence-electron chi connectivity index (χ1n) is 6.24. The summed E-state index contributed by atoms with van der Waals surface area (Å²) in [5.41, 5.74) is 1.81. The van der Waals surface area contributed by atoms with Crippen LogP contribution in [-0.2, 0) is 24.3 Å². The normalized spacial score (nSPS) is 10.4. The predicted octanol–water partition coefficient (Wildman–Crippen LogP) is 2.14. The van der Waals surface area contributed by atoms with Gasteiger partial charge in [0.05, 0.1) is 6.42 Å². The van der Waals surface area contributed by atoms with E-state index in [1.54, 1.807) is 6.20 Å². The number of hydrogen-bond acceptors (Lipinski definition) is 3. The minimum absolute atomic E-state index is 0.0417. The van der Waals surface area contributed by atoms with E-state index in [0.717, 1.165) is 23.6 Å². The number of nitrogens with one attached hydrogen (secondary N) is 1. The highest BCUT2D eigenvalue weighted by Gasteiger charge is 2.07. The minimum atomic E-state index is -0.817. The van der Waals surface area contributed by atoms with Crippen LogP contribution < -0.4 is 5.32 Å². The molecular formula is C14H17N3O2. The number of imidazole rings is 1. The lowest BCUT2D eigenvalue weighted by atomic mass is 10.0. The number of carboxylic acid groups (broad SMARTS) is 1. The van der Waals surface area contributed by atoms with Gasteiger partial charge < -0.3 is 15.0 Å². The van der Waals surface area contributed by atoms with Crippen LogP contribution in [-0.4, -0.2) is 20.6 Å². The van der Waals surface area contributed by atoms with Gasteiger partial charge in [-0.3, -0.25) is 4.79 Å². The lowest BCUT2D eigenvalue weighted by Gasteiger charge is -2.10. The van der Waals surface area contributed by atoms with Crippen LogP contribution in [0.15, 0.2) is 36.7 Å². The van der Waals surface area contributed by atoms with Crippen molar-refractivity contribution in [3.8, 4) is 0 Å². The number of aromatic nitrogens is 2. The van der Waals surface area contributed by atoms with Crippen LogP contribution in [0.1, 0.15) is 18.1 Å². The summed E-state index contributed by atoms with van der Waals surface area (Å²) in [5.74, 6) is -0.0184. The van der Waals surface area contributed by atoms with E-state index in [1.165, 1.54) is 0 Å². The quantitative estimate of drug-likeness (QED) is 0.834. The summed E-state index contributed by atoms with van der Waals surface area (Å²) in [6, 6.07) is 7.55. The molecule has 1 heterocycles. The smallest absolute Gasteiger partial charge is 0.307 e. The monoisotopic (exact) mass is 259 g/mol. The van der Waals surface area contributed by atoms with Gasteiger partial charge in [0.1, 0.15) is 0 Å². The van der Waals surface area contributed by atoms with Gasteiger partial charge in [-0.1, -0.05) is 24.3 Å². The molecule has 2 aromatic rings. The third-order valence-electron chi connectivity index (χ3n) is 2.95. The van der Waals surface area contributed by atoms with E-state index in [4.69, 9.17) is 5.11 Å². The average molecular weight is 259 g/mol. The van der Waals surface area contributed by atoms with Gasteiger partial charge in [-0.2, -0.15) is 0 Å². The fourth-order valence-corrected chi connectivity index (χ4v) is 1.97. The van der Waals surface area contributed by atoms with Crippen molar-refractivity contribution < 1.29 is 9.90 Å². The second-order valence-corrected chi connectivity index (χ2v) is 4.23. The molecular weight excluding hydrogens is 242 g/mol. The van der Waals surface area contributed by atoms with E-state index < -0.39 is 5.97 Å². The summed E-state index contributed by atoms with van der Waals surface area (Å²) in [5, 5.41) is 12.1.